The Labute approximate surface area is 249 Å². The summed E-state index contributed by atoms with van der Waals surface area (Å²) in [6.45, 7) is 3.76. The van der Waals surface area contributed by atoms with E-state index in [0.717, 1.165) is 6.92 Å². The number of halogens is 8. The Morgan fingerprint density at radius 1 is 0.929 bits per heavy atom. The number of carbonyl (C=O) groups excluding carboxylic acids is 2. The van der Waals surface area contributed by atoms with Crippen LogP contribution in [0.1, 0.15) is 52.1 Å². The molecule has 3 N–H and O–H groups in total. The van der Waals surface area contributed by atoms with E-state index in [9.17, 15) is 53.5 Å². The van der Waals surface area contributed by atoms with Crippen LogP contribution in [0, 0.1) is 10.5 Å². The van der Waals surface area contributed by atoms with Crippen molar-refractivity contribution in [1.82, 2.24) is 5.32 Å². The monoisotopic (exact) mass is 740 g/mol. The van der Waals surface area contributed by atoms with Crippen LogP contribution in [-0.4, -0.2) is 60.7 Å². The summed E-state index contributed by atoms with van der Waals surface area (Å²) in [6.07, 6.45) is -13.3. The summed E-state index contributed by atoms with van der Waals surface area (Å²) < 4.78 is 118. The van der Waals surface area contributed by atoms with Crippen LogP contribution in [0.2, 0.25) is 0 Å². The molecule has 2 aromatic carbocycles. The lowest BCUT2D eigenvalue weighted by Crippen LogP contribution is -2.50. The summed E-state index contributed by atoms with van der Waals surface area (Å²) in [5, 5.41) is 13.5. The van der Waals surface area contributed by atoms with Crippen molar-refractivity contribution in [2.24, 2.45) is 0 Å². The Balaban J connectivity index is 2.38. The molecule has 17 heteroatoms. The van der Waals surface area contributed by atoms with E-state index < -0.39 is 74.7 Å². The van der Waals surface area contributed by atoms with Gasteiger partial charge in [-0.2, -0.15) is 26.3 Å². The van der Waals surface area contributed by atoms with E-state index in [1.165, 1.54) is 32.0 Å². The van der Waals surface area contributed by atoms with Crippen LogP contribution in [0.5, 0.6) is 0 Å². The zero-order chi connectivity index (χ0) is 32.5. The van der Waals surface area contributed by atoms with Gasteiger partial charge >= 0.3 is 24.0 Å². The molecule has 2 aromatic rings. The Hall–Kier alpha value is -2.96. The lowest BCUT2D eigenvalue weighted by atomic mass is 9.92. The maximum atomic E-state index is 14.4. The fourth-order valence-corrected chi connectivity index (χ4v) is 6.46. The van der Waals surface area contributed by atoms with Gasteiger partial charge in [0.15, 0.2) is 9.84 Å². The predicted octanol–water partition coefficient (Wildman–Crippen LogP) is 5.54. The molecule has 232 valence electrons. The summed E-state index contributed by atoms with van der Waals surface area (Å²) in [5.41, 5.74) is -9.96. The number of carboxylic acid groups (broad SMARTS) is 1. The van der Waals surface area contributed by atoms with Gasteiger partial charge in [0, 0.05) is 20.4 Å². The van der Waals surface area contributed by atoms with Crippen molar-refractivity contribution in [2.45, 2.75) is 50.8 Å². The molecule has 0 aliphatic carbocycles. The average molecular weight is 740 g/mol. The Kier molecular flexibility index (Phi) is 10.4. The van der Waals surface area contributed by atoms with E-state index in [4.69, 9.17) is 5.11 Å². The topological polar surface area (TPSA) is 130 Å². The van der Waals surface area contributed by atoms with Gasteiger partial charge in [-0.05, 0) is 67.1 Å². The second kappa shape index (κ2) is 12.3. The molecule has 2 amide bonds. The van der Waals surface area contributed by atoms with Crippen LogP contribution < -0.4 is 10.6 Å². The molecule has 0 atom stereocenters. The minimum Gasteiger partial charge on any atom is -0.481 e. The SMILES string of the molecule is Cc1cc(C(F)(C(F)(F)F)C(F)(F)F)ccc1NC(=O)c1cccc(I)c1C(=O)NC(C)(C)CS(=O)(=O)CCC(=O)O. The highest BCUT2D eigenvalue weighted by atomic mass is 127. The molecule has 42 heavy (non-hydrogen) atoms. The van der Waals surface area contributed by atoms with Gasteiger partial charge in [-0.25, -0.2) is 12.8 Å². The maximum Gasteiger partial charge on any atom is 0.435 e. The van der Waals surface area contributed by atoms with Gasteiger partial charge in [0.25, 0.3) is 11.8 Å². The molecule has 0 saturated heterocycles. The highest BCUT2D eigenvalue weighted by Gasteiger charge is 2.73. The molecule has 2 rings (SSSR count). The molecule has 0 aliphatic heterocycles. The summed E-state index contributed by atoms with van der Waals surface area (Å²) in [5.74, 6) is -4.54. The van der Waals surface area contributed by atoms with Crippen molar-refractivity contribution < 1.29 is 58.6 Å². The summed E-state index contributed by atoms with van der Waals surface area (Å²) in [4.78, 5) is 37.0. The first kappa shape index (κ1) is 35.2. The molecule has 0 spiro atoms. The van der Waals surface area contributed by atoms with Gasteiger partial charge in [-0.1, -0.05) is 18.2 Å². The maximum absolute atomic E-state index is 14.4. The second-order valence-corrected chi connectivity index (χ2v) is 13.2. The van der Waals surface area contributed by atoms with Gasteiger partial charge in [0.2, 0.25) is 0 Å². The van der Waals surface area contributed by atoms with E-state index in [-0.39, 0.29) is 32.0 Å². The fraction of sp³-hybridized carbons (Fsp3) is 0.400. The first-order valence-electron chi connectivity index (χ1n) is 11.7. The molecule has 0 saturated carbocycles. The molecule has 0 radical (unpaired) electrons. The predicted molar refractivity (Wildman–Crippen MR) is 146 cm³/mol. The number of hydrogen-bond acceptors (Lipinski definition) is 5. The molecule has 0 unspecified atom stereocenters. The largest absolute Gasteiger partial charge is 0.481 e. The number of hydrogen-bond donors (Lipinski definition) is 3. The Bertz CT molecular complexity index is 1480. The van der Waals surface area contributed by atoms with E-state index in [0.29, 0.717) is 12.1 Å². The Morgan fingerprint density at radius 2 is 1.50 bits per heavy atom. The summed E-state index contributed by atoms with van der Waals surface area (Å²) in [6, 6.07) is 5.22. The van der Waals surface area contributed by atoms with Crippen molar-refractivity contribution in [3.05, 3.63) is 62.2 Å². The highest BCUT2D eigenvalue weighted by Crippen LogP contribution is 2.53. The quantitative estimate of drug-likeness (QED) is 0.217. The lowest BCUT2D eigenvalue weighted by Gasteiger charge is -2.30. The van der Waals surface area contributed by atoms with E-state index in [1.807, 2.05) is 0 Å². The lowest BCUT2D eigenvalue weighted by molar-refractivity contribution is -0.348. The molecule has 0 aromatic heterocycles. The highest BCUT2D eigenvalue weighted by molar-refractivity contribution is 14.1. The number of carboxylic acids is 1. The molecule has 8 nitrogen and oxygen atoms in total. The van der Waals surface area contributed by atoms with Crippen LogP contribution in [-0.2, 0) is 20.3 Å². The number of aliphatic carboxylic acids is 1. The smallest absolute Gasteiger partial charge is 0.435 e. The zero-order valence-corrected chi connectivity index (χ0v) is 25.0. The number of sulfone groups is 1. The van der Waals surface area contributed by atoms with Crippen molar-refractivity contribution in [1.29, 1.82) is 0 Å². The molecular weight excluding hydrogens is 716 g/mol. The standard InChI is InChI=1S/C25H24F7IN2O6S/c1-13-11-14(23(26,24(27,28)29)25(30,31)32)7-8-17(13)34-20(38)15-5-4-6-16(33)19(15)21(39)35-22(2,3)12-42(40,41)10-9-18(36)37/h4-8,11H,9-10,12H2,1-3H3,(H,34,38)(H,35,39)(H,36,37). The van der Waals surface area contributed by atoms with E-state index in [1.54, 1.807) is 22.6 Å². The van der Waals surface area contributed by atoms with Gasteiger partial charge in [0.1, 0.15) is 0 Å². The number of aryl methyl sites for hydroxylation is 1. The van der Waals surface area contributed by atoms with Gasteiger partial charge < -0.3 is 15.7 Å². The third-order valence-electron chi connectivity index (χ3n) is 5.80. The van der Waals surface area contributed by atoms with Crippen molar-refractivity contribution in [3.8, 4) is 0 Å². The molecular formula is C25H24F7IN2O6S. The minimum atomic E-state index is -6.32. The number of nitrogens with one attached hydrogen (secondary N) is 2. The number of anilines is 1. The summed E-state index contributed by atoms with van der Waals surface area (Å²) >= 11 is 1.72. The molecule has 0 bridgehead atoms. The van der Waals surface area contributed by atoms with Crippen molar-refractivity contribution in [3.63, 3.8) is 0 Å². The van der Waals surface area contributed by atoms with Crippen molar-refractivity contribution >= 4 is 55.9 Å². The van der Waals surface area contributed by atoms with Crippen LogP contribution in [0.15, 0.2) is 36.4 Å². The Morgan fingerprint density at radius 3 is 2.00 bits per heavy atom. The second-order valence-electron chi connectivity index (χ2n) is 9.87. The number of benzene rings is 2. The molecule has 0 fully saturated rings. The van der Waals surface area contributed by atoms with Crippen LogP contribution in [0.25, 0.3) is 0 Å². The number of carbonyl (C=O) groups is 3. The minimum absolute atomic E-state index is 0.224. The fourth-order valence-electron chi connectivity index (χ4n) is 3.91. The summed E-state index contributed by atoms with van der Waals surface area (Å²) in [7, 11) is -3.92. The zero-order valence-electron chi connectivity index (χ0n) is 22.0. The van der Waals surface area contributed by atoms with Gasteiger partial charge in [0.05, 0.1) is 29.1 Å². The molecule has 0 aliphatic rings. The first-order valence-corrected chi connectivity index (χ1v) is 14.6. The third-order valence-corrected chi connectivity index (χ3v) is 8.69. The third kappa shape index (κ3) is 8.11. The normalized spacial score (nSPS) is 13.0. The molecule has 0 heterocycles. The van der Waals surface area contributed by atoms with Crippen molar-refractivity contribution in [2.75, 3.05) is 16.8 Å². The van der Waals surface area contributed by atoms with Crippen LogP contribution >= 0.6 is 22.6 Å². The average Bonchev–Trinajstić information content (AvgIpc) is 2.80. The van der Waals surface area contributed by atoms with Gasteiger partial charge in [-0.15, -0.1) is 0 Å². The number of rotatable bonds is 10. The first-order chi connectivity index (χ1) is 18.9. The van der Waals surface area contributed by atoms with Gasteiger partial charge in [-0.3, -0.25) is 14.4 Å². The van der Waals surface area contributed by atoms with E-state index >= 15 is 0 Å². The number of amides is 2. The van der Waals surface area contributed by atoms with E-state index in [2.05, 4.69) is 10.6 Å². The number of alkyl halides is 7. The van der Waals surface area contributed by atoms with Crippen LogP contribution in [0.4, 0.5) is 36.4 Å². The van der Waals surface area contributed by atoms with Crippen LogP contribution in [0.3, 0.4) is 0 Å².